The van der Waals surface area contributed by atoms with Crippen LogP contribution in [0.5, 0.6) is 11.5 Å². The second-order valence-electron chi connectivity index (χ2n) is 15.2. The van der Waals surface area contributed by atoms with E-state index in [0.29, 0.717) is 5.89 Å². The second-order valence-corrected chi connectivity index (χ2v) is 15.2. The Morgan fingerprint density at radius 3 is 1.72 bits per heavy atom. The van der Waals surface area contributed by atoms with E-state index in [1.54, 1.807) is 0 Å². The first kappa shape index (κ1) is 31.4. The Balaban J connectivity index is 1.17. The standard InChI is InChI=1S/C51H32BN3O3/c1-3-16-35(17-4-1)53(36-18-5-2-6-19-36)37-28-29-43-42(32-37)40-22-13-23-41-50(40)54(43)52(55-44-24-11-12-25-45(44)56-51(41)55)57-46-30-26-33-14-7-9-20-38(33)48(46)49-39-21-10-8-15-34(39)27-31-47(49)58-52/h1-32H. The van der Waals surface area contributed by atoms with Crippen LogP contribution in [0.25, 0.3) is 77.0 Å². The van der Waals surface area contributed by atoms with Crippen molar-refractivity contribution in [1.82, 2.24) is 4.48 Å². The molecule has 0 fully saturated rings. The van der Waals surface area contributed by atoms with Gasteiger partial charge in [-0.3, -0.25) is 4.48 Å². The number of benzene rings is 9. The molecule has 9 aromatic carbocycles. The molecule has 6 nitrogen and oxygen atoms in total. The maximum absolute atomic E-state index is 7.74. The molecule has 58 heavy (non-hydrogen) atoms. The monoisotopic (exact) mass is 745 g/mol. The largest absolute Gasteiger partial charge is 0.783 e. The van der Waals surface area contributed by atoms with Crippen LogP contribution in [0.1, 0.15) is 0 Å². The molecular formula is C51H32BN3O3. The van der Waals surface area contributed by atoms with Gasteiger partial charge in [-0.2, -0.15) is 0 Å². The van der Waals surface area contributed by atoms with Gasteiger partial charge in [-0.1, -0.05) is 121 Å². The minimum absolute atomic E-state index is 0.684. The molecule has 0 radical (unpaired) electrons. The minimum atomic E-state index is -2.65. The Morgan fingerprint density at radius 1 is 0.466 bits per heavy atom. The lowest BCUT2D eigenvalue weighted by atomic mass is 9.82. The van der Waals surface area contributed by atoms with Crippen molar-refractivity contribution in [2.75, 3.05) is 4.90 Å². The van der Waals surface area contributed by atoms with Crippen molar-refractivity contribution in [2.24, 2.45) is 0 Å². The van der Waals surface area contributed by atoms with Crippen LogP contribution in [0, 0.1) is 0 Å². The smallest absolute Gasteiger partial charge is 0.601 e. The van der Waals surface area contributed by atoms with Crippen LogP contribution in [0.4, 0.5) is 17.1 Å². The SMILES string of the molecule is c1ccc(N(c2ccccc2)c2ccc3c(c2)c2cccc4c2n3[B-]2(Oc3ccc5ccccc5c3-c3c(ccc5ccccc35)O2)[n+]2c-4oc3ccccc32)cc1. The van der Waals surface area contributed by atoms with Crippen molar-refractivity contribution in [3.05, 3.63) is 194 Å². The number of aromatic nitrogens is 2. The summed E-state index contributed by atoms with van der Waals surface area (Å²) in [5.41, 5.74) is 9.79. The maximum Gasteiger partial charge on any atom is 0.783 e. The fourth-order valence-corrected chi connectivity index (χ4v) is 9.75. The molecule has 0 amide bonds. The van der Waals surface area contributed by atoms with E-state index in [9.17, 15) is 0 Å². The summed E-state index contributed by atoms with van der Waals surface area (Å²) in [7, 11) is 0. The first-order valence-corrected chi connectivity index (χ1v) is 19.7. The van der Waals surface area contributed by atoms with E-state index in [2.05, 4.69) is 190 Å². The summed E-state index contributed by atoms with van der Waals surface area (Å²) in [5.74, 6) is 2.16. The molecule has 13 rings (SSSR count). The summed E-state index contributed by atoms with van der Waals surface area (Å²) in [6.45, 7) is -2.65. The van der Waals surface area contributed by atoms with E-state index >= 15 is 0 Å². The number of hydrogen-bond acceptors (Lipinski definition) is 4. The van der Waals surface area contributed by atoms with E-state index < -0.39 is 6.82 Å². The van der Waals surface area contributed by atoms with E-state index in [1.165, 1.54) is 0 Å². The number of rotatable bonds is 3. The number of oxazole rings is 1. The van der Waals surface area contributed by atoms with Crippen LogP contribution in [0.3, 0.4) is 0 Å². The molecule has 272 valence electrons. The zero-order valence-corrected chi connectivity index (χ0v) is 31.1. The third kappa shape index (κ3) is 4.19. The lowest BCUT2D eigenvalue weighted by molar-refractivity contribution is -0.539. The highest BCUT2D eigenvalue weighted by atomic mass is 16.6. The fourth-order valence-electron chi connectivity index (χ4n) is 9.75. The zero-order valence-electron chi connectivity index (χ0n) is 31.1. The summed E-state index contributed by atoms with van der Waals surface area (Å²) in [5, 5.41) is 6.62. The van der Waals surface area contributed by atoms with Crippen LogP contribution >= 0.6 is 0 Å². The van der Waals surface area contributed by atoms with Crippen LogP contribution in [0.2, 0.25) is 0 Å². The van der Waals surface area contributed by atoms with Gasteiger partial charge in [0.15, 0.2) is 5.58 Å². The first-order chi connectivity index (χ1) is 28.7. The van der Waals surface area contributed by atoms with E-state index in [4.69, 9.17) is 13.7 Å². The molecule has 11 aromatic rings. The molecule has 0 saturated heterocycles. The van der Waals surface area contributed by atoms with Crippen LogP contribution in [-0.4, -0.2) is 11.3 Å². The lowest BCUT2D eigenvalue weighted by Crippen LogP contribution is -2.78. The van der Waals surface area contributed by atoms with E-state index in [1.807, 2.05) is 18.2 Å². The predicted octanol–water partition coefficient (Wildman–Crippen LogP) is 12.6. The van der Waals surface area contributed by atoms with Crippen LogP contribution in [0.15, 0.2) is 199 Å². The molecule has 2 aliphatic heterocycles. The van der Waals surface area contributed by atoms with Crippen molar-refractivity contribution in [3.8, 4) is 34.1 Å². The van der Waals surface area contributed by atoms with Gasteiger partial charge in [-0.15, -0.1) is 0 Å². The van der Waals surface area contributed by atoms with Gasteiger partial charge in [-0.25, -0.2) is 0 Å². The summed E-state index contributed by atoms with van der Waals surface area (Å²) < 4.78 is 26.9. The Kier molecular flexibility index (Phi) is 6.31. The minimum Gasteiger partial charge on any atom is -0.601 e. The molecule has 7 heteroatoms. The number of nitrogens with zero attached hydrogens (tertiary/aromatic N) is 3. The summed E-state index contributed by atoms with van der Waals surface area (Å²) in [6.07, 6.45) is 0. The molecule has 0 saturated carbocycles. The van der Waals surface area contributed by atoms with Crippen molar-refractivity contribution >= 4 is 78.3 Å². The zero-order chi connectivity index (χ0) is 38.0. The Hall–Kier alpha value is -7.77. The van der Waals surface area contributed by atoms with Gasteiger partial charge in [0.2, 0.25) is 5.52 Å². The summed E-state index contributed by atoms with van der Waals surface area (Å²) in [6, 6.07) is 68.1. The summed E-state index contributed by atoms with van der Waals surface area (Å²) in [4.78, 5) is 2.31. The number of hydrogen-bond donors (Lipinski definition) is 0. The molecule has 0 aliphatic carbocycles. The normalized spacial score (nSPS) is 13.6. The average molecular weight is 746 g/mol. The molecule has 0 N–H and O–H groups in total. The Bertz CT molecular complexity index is 3360. The molecule has 0 bridgehead atoms. The van der Waals surface area contributed by atoms with Crippen LogP contribution in [-0.2, 0) is 0 Å². The highest BCUT2D eigenvalue weighted by molar-refractivity contribution is 6.63. The van der Waals surface area contributed by atoms with Crippen molar-refractivity contribution in [1.29, 1.82) is 0 Å². The number of fused-ring (bicyclic) bond motifs is 16. The number of para-hydroxylation sites is 5. The quantitative estimate of drug-likeness (QED) is 0.169. The summed E-state index contributed by atoms with van der Waals surface area (Å²) >= 11 is 0. The van der Waals surface area contributed by atoms with E-state index in [0.717, 1.165) is 99.7 Å². The third-order valence-corrected chi connectivity index (χ3v) is 12.1. The third-order valence-electron chi connectivity index (χ3n) is 12.1. The van der Waals surface area contributed by atoms with Gasteiger partial charge < -0.3 is 23.1 Å². The lowest BCUT2D eigenvalue weighted by Gasteiger charge is -2.38. The van der Waals surface area contributed by atoms with Gasteiger partial charge in [0.25, 0.3) is 0 Å². The fraction of sp³-hybridized carbons (Fsp3) is 0. The highest BCUT2D eigenvalue weighted by Crippen LogP contribution is 2.51. The van der Waals surface area contributed by atoms with Crippen molar-refractivity contribution in [2.45, 2.75) is 0 Å². The predicted molar refractivity (Wildman–Crippen MR) is 234 cm³/mol. The molecule has 4 heterocycles. The van der Waals surface area contributed by atoms with E-state index in [-0.39, 0.29) is 0 Å². The molecule has 2 aliphatic rings. The average Bonchev–Trinajstić information content (AvgIpc) is 3.80. The van der Waals surface area contributed by atoms with Gasteiger partial charge in [-0.05, 0) is 88.3 Å². The second kappa shape index (κ2) is 11.6. The molecule has 0 unspecified atom stereocenters. The Labute approximate surface area is 333 Å². The topological polar surface area (TPSA) is 43.6 Å². The first-order valence-electron chi connectivity index (χ1n) is 19.7. The molecular weight excluding hydrogens is 713 g/mol. The Morgan fingerprint density at radius 2 is 1.05 bits per heavy atom. The molecule has 2 aromatic heterocycles. The van der Waals surface area contributed by atoms with Gasteiger partial charge in [0.05, 0.1) is 11.5 Å². The molecule has 1 spiro atoms. The van der Waals surface area contributed by atoms with Crippen molar-refractivity contribution in [3.63, 3.8) is 0 Å². The van der Waals surface area contributed by atoms with Crippen molar-refractivity contribution < 1.29 is 18.2 Å². The highest BCUT2D eigenvalue weighted by Gasteiger charge is 2.60. The molecule has 0 atom stereocenters. The van der Waals surface area contributed by atoms with Gasteiger partial charge in [0, 0.05) is 56.1 Å². The van der Waals surface area contributed by atoms with Gasteiger partial charge >= 0.3 is 12.7 Å². The van der Waals surface area contributed by atoms with Gasteiger partial charge in [0.1, 0.15) is 5.56 Å². The van der Waals surface area contributed by atoms with Crippen LogP contribution < -0.4 is 18.7 Å². The number of anilines is 3. The maximum atomic E-state index is 7.74.